The summed E-state index contributed by atoms with van der Waals surface area (Å²) >= 11 is 0. The second-order valence-electron chi connectivity index (χ2n) is 9.20. The van der Waals surface area contributed by atoms with Crippen molar-refractivity contribution in [3.63, 3.8) is 0 Å². The van der Waals surface area contributed by atoms with E-state index in [-0.39, 0.29) is 5.91 Å². The number of benzene rings is 2. The largest absolute Gasteiger partial charge is 0.493 e. The Hall–Kier alpha value is -3.78. The molecule has 2 heterocycles. The maximum atomic E-state index is 12.4. The molecule has 0 atom stereocenters. The van der Waals surface area contributed by atoms with Crippen LogP contribution in [0.2, 0.25) is 0 Å². The van der Waals surface area contributed by atoms with Crippen molar-refractivity contribution in [1.82, 2.24) is 20.2 Å². The number of carbonyl (C=O) groups excluding carboxylic acids is 1. The molecule has 4 aromatic rings. The molecule has 0 aliphatic carbocycles. The van der Waals surface area contributed by atoms with Gasteiger partial charge in [-0.1, -0.05) is 44.2 Å². The standard InChI is InChI=1S/C28H34N4O4/c1-19(2)14-30-28(33)24-18-36-26(31-24)17-32(16-21-8-7-11-25(34-3)27(21)35-4)13-12-20-15-29-23-10-6-5-9-22(20)23/h5-11,15,18-19,29H,12-14,16-17H2,1-4H3,(H,30,33). The average molecular weight is 491 g/mol. The summed E-state index contributed by atoms with van der Waals surface area (Å²) in [6, 6.07) is 14.2. The zero-order chi connectivity index (χ0) is 25.5. The van der Waals surface area contributed by atoms with Gasteiger partial charge in [-0.25, -0.2) is 4.98 Å². The number of carbonyl (C=O) groups is 1. The molecule has 4 rings (SSSR count). The van der Waals surface area contributed by atoms with Gasteiger partial charge in [-0.05, 0) is 30.0 Å². The number of ether oxygens (including phenoxy) is 2. The van der Waals surface area contributed by atoms with Crippen molar-refractivity contribution >= 4 is 16.8 Å². The summed E-state index contributed by atoms with van der Waals surface area (Å²) in [5.41, 5.74) is 3.66. The number of rotatable bonds is 12. The van der Waals surface area contributed by atoms with Crippen LogP contribution in [0.15, 0.2) is 59.3 Å². The normalized spacial score (nSPS) is 11.4. The van der Waals surface area contributed by atoms with Crippen molar-refractivity contribution in [3.05, 3.63) is 77.6 Å². The SMILES string of the molecule is COc1cccc(CN(CCc2c[nH]c3ccccc23)Cc2nc(C(=O)NCC(C)C)co2)c1OC. The number of hydrogen-bond acceptors (Lipinski definition) is 6. The molecular weight excluding hydrogens is 456 g/mol. The van der Waals surface area contributed by atoms with Gasteiger partial charge >= 0.3 is 0 Å². The highest BCUT2D eigenvalue weighted by Crippen LogP contribution is 2.32. The Labute approximate surface area is 211 Å². The van der Waals surface area contributed by atoms with Gasteiger partial charge in [0, 0.05) is 42.3 Å². The first kappa shape index (κ1) is 25.3. The second-order valence-corrected chi connectivity index (χ2v) is 9.20. The smallest absolute Gasteiger partial charge is 0.273 e. The van der Waals surface area contributed by atoms with Gasteiger partial charge in [0.1, 0.15) is 6.26 Å². The Morgan fingerprint density at radius 2 is 1.92 bits per heavy atom. The minimum absolute atomic E-state index is 0.224. The Morgan fingerprint density at radius 3 is 2.69 bits per heavy atom. The predicted octanol–water partition coefficient (Wildman–Crippen LogP) is 4.80. The zero-order valence-electron chi connectivity index (χ0n) is 21.3. The van der Waals surface area contributed by atoms with Crippen LogP contribution in [0.1, 0.15) is 41.4 Å². The molecule has 0 aliphatic heterocycles. The quantitative estimate of drug-likeness (QED) is 0.296. The number of aromatic amines is 1. The molecule has 2 N–H and O–H groups in total. The van der Waals surface area contributed by atoms with Crippen LogP contribution in [-0.4, -0.2) is 48.1 Å². The van der Waals surface area contributed by atoms with Crippen LogP contribution in [0.4, 0.5) is 0 Å². The van der Waals surface area contributed by atoms with Gasteiger partial charge in [0.15, 0.2) is 17.2 Å². The van der Waals surface area contributed by atoms with Gasteiger partial charge in [0.25, 0.3) is 5.91 Å². The van der Waals surface area contributed by atoms with Crippen LogP contribution in [-0.2, 0) is 19.5 Å². The fraction of sp³-hybridized carbons (Fsp3) is 0.357. The van der Waals surface area contributed by atoms with E-state index in [1.165, 1.54) is 17.2 Å². The molecule has 8 heteroatoms. The molecule has 0 saturated carbocycles. The van der Waals surface area contributed by atoms with Gasteiger partial charge in [-0.3, -0.25) is 9.69 Å². The van der Waals surface area contributed by atoms with Crippen LogP contribution in [0, 0.1) is 5.92 Å². The molecule has 0 radical (unpaired) electrons. The van der Waals surface area contributed by atoms with E-state index in [1.807, 2.05) is 38.1 Å². The van der Waals surface area contributed by atoms with Crippen molar-refractivity contribution in [1.29, 1.82) is 0 Å². The number of amides is 1. The summed E-state index contributed by atoms with van der Waals surface area (Å²) in [5, 5.41) is 4.10. The van der Waals surface area contributed by atoms with Crippen LogP contribution in [0.25, 0.3) is 10.9 Å². The highest BCUT2D eigenvalue weighted by molar-refractivity contribution is 5.91. The summed E-state index contributed by atoms with van der Waals surface area (Å²) in [4.78, 5) is 22.5. The minimum atomic E-state index is -0.224. The first-order chi connectivity index (χ1) is 17.5. The van der Waals surface area contributed by atoms with E-state index in [2.05, 4.69) is 44.6 Å². The molecule has 1 amide bonds. The number of nitrogens with one attached hydrogen (secondary N) is 2. The Morgan fingerprint density at radius 1 is 1.08 bits per heavy atom. The Bertz CT molecular complexity index is 1290. The molecule has 0 bridgehead atoms. The molecule has 190 valence electrons. The third-order valence-electron chi connectivity index (χ3n) is 6.06. The Kier molecular flexibility index (Phi) is 8.28. The third-order valence-corrected chi connectivity index (χ3v) is 6.06. The molecule has 2 aromatic heterocycles. The van der Waals surface area contributed by atoms with Crippen LogP contribution < -0.4 is 14.8 Å². The lowest BCUT2D eigenvalue weighted by Crippen LogP contribution is -2.28. The highest BCUT2D eigenvalue weighted by Gasteiger charge is 2.18. The van der Waals surface area contributed by atoms with Gasteiger partial charge in [-0.2, -0.15) is 0 Å². The number of aromatic nitrogens is 2. The fourth-order valence-corrected chi connectivity index (χ4v) is 4.22. The molecule has 8 nitrogen and oxygen atoms in total. The number of hydrogen-bond donors (Lipinski definition) is 2. The van der Waals surface area contributed by atoms with Crippen molar-refractivity contribution < 1.29 is 18.7 Å². The van der Waals surface area contributed by atoms with Gasteiger partial charge in [-0.15, -0.1) is 0 Å². The van der Waals surface area contributed by atoms with Crippen LogP contribution in [0.3, 0.4) is 0 Å². The summed E-state index contributed by atoms with van der Waals surface area (Å²) in [6.07, 6.45) is 4.32. The van der Waals surface area contributed by atoms with Crippen LogP contribution in [0.5, 0.6) is 11.5 Å². The van der Waals surface area contributed by atoms with Gasteiger partial charge < -0.3 is 24.2 Å². The molecule has 0 fully saturated rings. The second kappa shape index (κ2) is 11.8. The maximum absolute atomic E-state index is 12.4. The molecule has 0 aliphatic rings. The minimum Gasteiger partial charge on any atom is -0.493 e. The van der Waals surface area contributed by atoms with Gasteiger partial charge in [0.05, 0.1) is 20.8 Å². The number of methoxy groups -OCH3 is 2. The molecule has 0 spiro atoms. The summed E-state index contributed by atoms with van der Waals surface area (Å²) in [7, 11) is 3.28. The number of nitrogens with zero attached hydrogens (tertiary/aromatic N) is 2. The van der Waals surface area contributed by atoms with E-state index in [0.717, 1.165) is 24.0 Å². The summed E-state index contributed by atoms with van der Waals surface area (Å²) in [5.74, 6) is 2.02. The highest BCUT2D eigenvalue weighted by atomic mass is 16.5. The van der Waals surface area contributed by atoms with E-state index in [4.69, 9.17) is 13.9 Å². The van der Waals surface area contributed by atoms with E-state index < -0.39 is 0 Å². The topological polar surface area (TPSA) is 92.6 Å². The van der Waals surface area contributed by atoms with Gasteiger partial charge in [0.2, 0.25) is 5.89 Å². The predicted molar refractivity (Wildman–Crippen MR) is 139 cm³/mol. The van der Waals surface area contributed by atoms with E-state index in [1.54, 1.807) is 14.2 Å². The average Bonchev–Trinajstić information content (AvgIpc) is 3.52. The summed E-state index contributed by atoms with van der Waals surface area (Å²) in [6.45, 7) is 6.48. The molecular formula is C28H34N4O4. The third kappa shape index (κ3) is 6.07. The first-order valence-corrected chi connectivity index (χ1v) is 12.2. The van der Waals surface area contributed by atoms with E-state index >= 15 is 0 Å². The number of fused-ring (bicyclic) bond motifs is 1. The number of H-pyrrole nitrogens is 1. The zero-order valence-corrected chi connectivity index (χ0v) is 21.3. The fourth-order valence-electron chi connectivity index (χ4n) is 4.22. The number of oxazole rings is 1. The monoisotopic (exact) mass is 490 g/mol. The Balaban J connectivity index is 1.54. The molecule has 0 saturated heterocycles. The van der Waals surface area contributed by atoms with Crippen molar-refractivity contribution in [2.75, 3.05) is 27.3 Å². The summed E-state index contributed by atoms with van der Waals surface area (Å²) < 4.78 is 16.8. The molecule has 36 heavy (non-hydrogen) atoms. The van der Waals surface area contributed by atoms with Crippen LogP contribution >= 0.6 is 0 Å². The molecule has 2 aromatic carbocycles. The molecule has 0 unspecified atom stereocenters. The first-order valence-electron chi connectivity index (χ1n) is 12.2. The number of para-hydroxylation sites is 2. The van der Waals surface area contributed by atoms with Crippen molar-refractivity contribution in [3.8, 4) is 11.5 Å². The lowest BCUT2D eigenvalue weighted by atomic mass is 10.1. The van der Waals surface area contributed by atoms with Crippen molar-refractivity contribution in [2.45, 2.75) is 33.4 Å². The lowest BCUT2D eigenvalue weighted by molar-refractivity contribution is 0.0944. The van der Waals surface area contributed by atoms with E-state index in [9.17, 15) is 4.79 Å². The van der Waals surface area contributed by atoms with E-state index in [0.29, 0.717) is 48.6 Å². The van der Waals surface area contributed by atoms with Crippen molar-refractivity contribution in [2.24, 2.45) is 5.92 Å². The maximum Gasteiger partial charge on any atom is 0.273 e. The lowest BCUT2D eigenvalue weighted by Gasteiger charge is -2.22.